The molecule has 7 nitrogen and oxygen atoms in total. The van der Waals surface area contributed by atoms with Gasteiger partial charge in [0.25, 0.3) is 5.91 Å². The molecule has 0 radical (unpaired) electrons. The lowest BCUT2D eigenvalue weighted by atomic mass is 10.2. The van der Waals surface area contributed by atoms with Crippen LogP contribution in [0.25, 0.3) is 16.7 Å². The number of fused-ring (bicyclic) bond motifs is 2. The van der Waals surface area contributed by atoms with Crippen LogP contribution in [0.4, 0.5) is 0 Å². The van der Waals surface area contributed by atoms with Crippen LogP contribution in [0.2, 0.25) is 5.02 Å². The topological polar surface area (TPSA) is 88.0 Å². The second-order valence-corrected chi connectivity index (χ2v) is 5.43. The fourth-order valence-corrected chi connectivity index (χ4v) is 2.54. The lowest BCUT2D eigenvalue weighted by Gasteiger charge is -2.01. The van der Waals surface area contributed by atoms with E-state index in [1.807, 2.05) is 12.1 Å². The first-order valence-electron chi connectivity index (χ1n) is 6.91. The Hall–Kier alpha value is -2.93. The predicted octanol–water partition coefficient (Wildman–Crippen LogP) is 2.19. The molecule has 0 bridgehead atoms. The lowest BCUT2D eigenvalue weighted by Crippen LogP contribution is -2.23. The first kappa shape index (κ1) is 13.7. The SMILES string of the molecule is O=C(NCc1[nH]nc2ncccc12)c1cn2cc(Cl)ccc2n1. The van der Waals surface area contributed by atoms with Crippen molar-refractivity contribution in [3.05, 3.63) is 59.3 Å². The second kappa shape index (κ2) is 5.36. The van der Waals surface area contributed by atoms with E-state index in [4.69, 9.17) is 11.6 Å². The summed E-state index contributed by atoms with van der Waals surface area (Å²) >= 11 is 5.93. The molecular formula is C15H11ClN6O. The second-order valence-electron chi connectivity index (χ2n) is 5.00. The maximum atomic E-state index is 12.3. The minimum Gasteiger partial charge on any atom is -0.345 e. The number of carbonyl (C=O) groups is 1. The van der Waals surface area contributed by atoms with E-state index in [9.17, 15) is 4.79 Å². The van der Waals surface area contributed by atoms with Gasteiger partial charge in [-0.2, -0.15) is 5.10 Å². The summed E-state index contributed by atoms with van der Waals surface area (Å²) in [6.07, 6.45) is 5.02. The molecular weight excluding hydrogens is 316 g/mol. The average Bonchev–Trinajstić information content (AvgIpc) is 3.16. The number of aromatic nitrogens is 5. The zero-order valence-corrected chi connectivity index (χ0v) is 12.6. The molecule has 0 saturated heterocycles. The van der Waals surface area contributed by atoms with E-state index in [0.29, 0.717) is 28.6 Å². The maximum Gasteiger partial charge on any atom is 0.271 e. The van der Waals surface area contributed by atoms with Crippen molar-refractivity contribution in [2.75, 3.05) is 0 Å². The number of carbonyl (C=O) groups excluding carboxylic acids is 1. The number of rotatable bonds is 3. The molecule has 2 N–H and O–H groups in total. The van der Waals surface area contributed by atoms with Gasteiger partial charge in [-0.3, -0.25) is 9.89 Å². The molecule has 114 valence electrons. The Bertz CT molecular complexity index is 1020. The minimum atomic E-state index is -0.267. The summed E-state index contributed by atoms with van der Waals surface area (Å²) in [5.41, 5.74) is 2.41. The number of amides is 1. The van der Waals surface area contributed by atoms with E-state index in [-0.39, 0.29) is 5.91 Å². The first-order chi connectivity index (χ1) is 11.2. The molecule has 8 heteroatoms. The standard InChI is InChI=1S/C15H11ClN6O/c16-9-3-4-13-19-12(8-22(13)7-9)15(23)18-6-11-10-2-1-5-17-14(10)21-20-11/h1-5,7-8H,6H2,(H,18,23)(H,17,20,21). The van der Waals surface area contributed by atoms with Crippen LogP contribution in [-0.2, 0) is 6.54 Å². The molecule has 0 aliphatic rings. The van der Waals surface area contributed by atoms with Crippen molar-refractivity contribution < 1.29 is 4.79 Å². The van der Waals surface area contributed by atoms with E-state index < -0.39 is 0 Å². The third-order valence-corrected chi connectivity index (χ3v) is 3.71. The normalized spacial score (nSPS) is 11.2. The zero-order valence-electron chi connectivity index (χ0n) is 11.8. The Morgan fingerprint density at radius 3 is 3.13 bits per heavy atom. The number of H-pyrrole nitrogens is 1. The van der Waals surface area contributed by atoms with Gasteiger partial charge in [0.15, 0.2) is 5.65 Å². The summed E-state index contributed by atoms with van der Waals surface area (Å²) in [4.78, 5) is 20.7. The Kier molecular flexibility index (Phi) is 3.20. The molecule has 1 amide bonds. The molecule has 23 heavy (non-hydrogen) atoms. The monoisotopic (exact) mass is 326 g/mol. The average molecular weight is 327 g/mol. The van der Waals surface area contributed by atoms with Gasteiger partial charge >= 0.3 is 0 Å². The van der Waals surface area contributed by atoms with Crippen molar-refractivity contribution in [3.8, 4) is 0 Å². The molecule has 0 aliphatic heterocycles. The Morgan fingerprint density at radius 2 is 2.22 bits per heavy atom. The third kappa shape index (κ3) is 2.51. The van der Waals surface area contributed by atoms with E-state index in [2.05, 4.69) is 25.5 Å². The van der Waals surface area contributed by atoms with Gasteiger partial charge < -0.3 is 9.72 Å². The van der Waals surface area contributed by atoms with E-state index in [0.717, 1.165) is 11.1 Å². The number of pyridine rings is 2. The summed E-state index contributed by atoms with van der Waals surface area (Å²) in [6.45, 7) is 0.315. The molecule has 0 saturated carbocycles. The van der Waals surface area contributed by atoms with Crippen LogP contribution in [0.5, 0.6) is 0 Å². The van der Waals surface area contributed by atoms with Crippen LogP contribution in [-0.4, -0.2) is 30.5 Å². The summed E-state index contributed by atoms with van der Waals surface area (Å²) in [5.74, 6) is -0.267. The van der Waals surface area contributed by atoms with Crippen LogP contribution in [0, 0.1) is 0 Å². The number of hydrogen-bond acceptors (Lipinski definition) is 4. The fraction of sp³-hybridized carbons (Fsp3) is 0.0667. The molecule has 0 spiro atoms. The predicted molar refractivity (Wildman–Crippen MR) is 85.3 cm³/mol. The smallest absolute Gasteiger partial charge is 0.271 e. The summed E-state index contributed by atoms with van der Waals surface area (Å²) in [5, 5.41) is 11.3. The number of imidazole rings is 1. The Balaban J connectivity index is 1.55. The molecule has 0 aliphatic carbocycles. The van der Waals surface area contributed by atoms with Gasteiger partial charge in [-0.05, 0) is 24.3 Å². The van der Waals surface area contributed by atoms with E-state index in [1.165, 1.54) is 0 Å². The Morgan fingerprint density at radius 1 is 1.30 bits per heavy atom. The summed E-state index contributed by atoms with van der Waals surface area (Å²) in [6, 6.07) is 7.22. The zero-order chi connectivity index (χ0) is 15.8. The van der Waals surface area contributed by atoms with Crippen molar-refractivity contribution in [3.63, 3.8) is 0 Å². The van der Waals surface area contributed by atoms with Gasteiger partial charge in [0, 0.05) is 24.0 Å². The van der Waals surface area contributed by atoms with E-state index in [1.54, 1.807) is 35.1 Å². The van der Waals surface area contributed by atoms with E-state index >= 15 is 0 Å². The number of nitrogens with one attached hydrogen (secondary N) is 2. The molecule has 4 aromatic rings. The van der Waals surface area contributed by atoms with Crippen molar-refractivity contribution in [2.45, 2.75) is 6.54 Å². The number of aromatic amines is 1. The molecule has 0 fully saturated rings. The minimum absolute atomic E-state index is 0.267. The highest BCUT2D eigenvalue weighted by Crippen LogP contribution is 2.14. The first-order valence-corrected chi connectivity index (χ1v) is 7.29. The van der Waals surface area contributed by atoms with Crippen LogP contribution < -0.4 is 5.32 Å². The van der Waals surface area contributed by atoms with Crippen molar-refractivity contribution >= 4 is 34.2 Å². The molecule has 4 rings (SSSR count). The van der Waals surface area contributed by atoms with Gasteiger partial charge in [0.05, 0.1) is 17.3 Å². The number of hydrogen-bond donors (Lipinski definition) is 2. The Labute approximate surface area is 135 Å². The van der Waals surface area contributed by atoms with Gasteiger partial charge in [-0.15, -0.1) is 0 Å². The van der Waals surface area contributed by atoms with Crippen LogP contribution >= 0.6 is 11.6 Å². The lowest BCUT2D eigenvalue weighted by molar-refractivity contribution is 0.0946. The van der Waals surface area contributed by atoms with Crippen LogP contribution in [0.1, 0.15) is 16.2 Å². The summed E-state index contributed by atoms with van der Waals surface area (Å²) in [7, 11) is 0. The summed E-state index contributed by atoms with van der Waals surface area (Å²) < 4.78 is 1.72. The van der Waals surface area contributed by atoms with Crippen molar-refractivity contribution in [2.24, 2.45) is 0 Å². The maximum absolute atomic E-state index is 12.3. The van der Waals surface area contributed by atoms with Gasteiger partial charge in [-0.1, -0.05) is 11.6 Å². The number of halogens is 1. The van der Waals surface area contributed by atoms with Crippen LogP contribution in [0.15, 0.2) is 42.9 Å². The highest BCUT2D eigenvalue weighted by molar-refractivity contribution is 6.30. The molecule has 0 aromatic carbocycles. The highest BCUT2D eigenvalue weighted by Gasteiger charge is 2.12. The fourth-order valence-electron chi connectivity index (χ4n) is 2.37. The molecule has 4 heterocycles. The quantitative estimate of drug-likeness (QED) is 0.604. The van der Waals surface area contributed by atoms with Gasteiger partial charge in [-0.25, -0.2) is 9.97 Å². The molecule has 0 atom stereocenters. The van der Waals surface area contributed by atoms with Gasteiger partial charge in [0.1, 0.15) is 11.3 Å². The van der Waals surface area contributed by atoms with Crippen molar-refractivity contribution in [1.29, 1.82) is 0 Å². The van der Waals surface area contributed by atoms with Crippen LogP contribution in [0.3, 0.4) is 0 Å². The third-order valence-electron chi connectivity index (χ3n) is 3.48. The molecule has 0 unspecified atom stereocenters. The highest BCUT2D eigenvalue weighted by atomic mass is 35.5. The number of nitrogens with zero attached hydrogens (tertiary/aromatic N) is 4. The largest absolute Gasteiger partial charge is 0.345 e. The van der Waals surface area contributed by atoms with Crippen molar-refractivity contribution in [1.82, 2.24) is 29.9 Å². The molecule has 4 aromatic heterocycles. The van der Waals surface area contributed by atoms with Gasteiger partial charge in [0.2, 0.25) is 0 Å².